The summed E-state index contributed by atoms with van der Waals surface area (Å²) >= 11 is 7.37. The molecule has 1 aliphatic rings. The van der Waals surface area contributed by atoms with Crippen LogP contribution in [-0.2, 0) is 9.59 Å². The van der Waals surface area contributed by atoms with Crippen LogP contribution in [0.1, 0.15) is 4.88 Å². The van der Waals surface area contributed by atoms with Crippen LogP contribution in [0.3, 0.4) is 0 Å². The molecule has 1 saturated heterocycles. The Morgan fingerprint density at radius 2 is 1.80 bits per heavy atom. The number of hydrogen-bond acceptors (Lipinski definition) is 4. The van der Waals surface area contributed by atoms with E-state index in [0.29, 0.717) is 10.7 Å². The average molecular weight is 438 g/mol. The predicted molar refractivity (Wildman–Crippen MR) is 118 cm³/mol. The molecule has 1 fully saturated rings. The molecule has 150 valence electrons. The Balaban J connectivity index is 1.45. The highest BCUT2D eigenvalue weighted by atomic mass is 35.5. The fourth-order valence-corrected chi connectivity index (χ4v) is 3.92. The summed E-state index contributed by atoms with van der Waals surface area (Å²) in [5.74, 6) is -0.989. The smallest absolute Gasteiger partial charge is 0.325 e. The molecule has 0 spiro atoms. The van der Waals surface area contributed by atoms with Crippen molar-refractivity contribution in [3.8, 4) is 11.1 Å². The number of halogens is 1. The van der Waals surface area contributed by atoms with E-state index in [-0.39, 0.29) is 12.2 Å². The molecule has 3 aromatic rings. The summed E-state index contributed by atoms with van der Waals surface area (Å²) in [5.41, 5.74) is 2.72. The number of amides is 4. The van der Waals surface area contributed by atoms with Crippen LogP contribution in [0.15, 0.2) is 71.7 Å². The summed E-state index contributed by atoms with van der Waals surface area (Å²) in [6.07, 6.45) is 1.61. The summed E-state index contributed by atoms with van der Waals surface area (Å²) in [5, 5.41) is 7.82. The second-order valence-electron chi connectivity index (χ2n) is 6.54. The van der Waals surface area contributed by atoms with Crippen molar-refractivity contribution in [2.75, 3.05) is 11.9 Å². The molecule has 0 bridgehead atoms. The van der Waals surface area contributed by atoms with Gasteiger partial charge in [0, 0.05) is 15.6 Å². The zero-order chi connectivity index (χ0) is 21.1. The van der Waals surface area contributed by atoms with Gasteiger partial charge in [-0.25, -0.2) is 9.69 Å². The maximum absolute atomic E-state index is 12.6. The lowest BCUT2D eigenvalue weighted by Crippen LogP contribution is -2.38. The number of carbonyl (C=O) groups excluding carboxylic acids is 3. The van der Waals surface area contributed by atoms with Crippen LogP contribution in [0, 0.1) is 0 Å². The molecule has 4 amide bonds. The van der Waals surface area contributed by atoms with Crippen molar-refractivity contribution in [2.45, 2.75) is 0 Å². The number of para-hydroxylation sites is 1. The Morgan fingerprint density at radius 1 is 1.07 bits per heavy atom. The summed E-state index contributed by atoms with van der Waals surface area (Å²) < 4.78 is 0. The first-order chi connectivity index (χ1) is 14.5. The first-order valence-electron chi connectivity index (χ1n) is 9.03. The molecule has 1 aliphatic heterocycles. The number of rotatable bonds is 5. The quantitative estimate of drug-likeness (QED) is 0.452. The number of hydrogen-bond donors (Lipinski definition) is 2. The van der Waals surface area contributed by atoms with Crippen LogP contribution in [0.5, 0.6) is 0 Å². The fourth-order valence-electron chi connectivity index (χ4n) is 2.95. The van der Waals surface area contributed by atoms with Gasteiger partial charge in [-0.1, -0.05) is 41.9 Å². The Hall–Kier alpha value is -3.42. The Morgan fingerprint density at radius 3 is 2.53 bits per heavy atom. The minimum absolute atomic E-state index is 0.136. The minimum Gasteiger partial charge on any atom is -0.325 e. The van der Waals surface area contributed by atoms with E-state index < -0.39 is 17.8 Å². The first-order valence-corrected chi connectivity index (χ1v) is 10.3. The highest BCUT2D eigenvalue weighted by Gasteiger charge is 2.35. The third kappa shape index (κ3) is 4.42. The zero-order valence-electron chi connectivity index (χ0n) is 15.6. The van der Waals surface area contributed by atoms with Crippen molar-refractivity contribution >= 4 is 52.5 Å². The van der Waals surface area contributed by atoms with Crippen molar-refractivity contribution < 1.29 is 14.4 Å². The Labute approximate surface area is 181 Å². The molecular formula is C22H16ClN3O3S. The van der Waals surface area contributed by atoms with Crippen LogP contribution in [-0.4, -0.2) is 29.3 Å². The van der Waals surface area contributed by atoms with E-state index >= 15 is 0 Å². The number of benzene rings is 2. The van der Waals surface area contributed by atoms with Crippen LogP contribution in [0.2, 0.25) is 5.02 Å². The molecule has 0 unspecified atom stereocenters. The van der Waals surface area contributed by atoms with Crippen molar-refractivity contribution in [3.63, 3.8) is 0 Å². The van der Waals surface area contributed by atoms with Crippen LogP contribution < -0.4 is 10.6 Å². The molecule has 2 N–H and O–H groups in total. The minimum atomic E-state index is -0.621. The molecule has 30 heavy (non-hydrogen) atoms. The number of nitrogens with one attached hydrogen (secondary N) is 2. The summed E-state index contributed by atoms with van der Waals surface area (Å²) in [6.45, 7) is -0.364. The monoisotopic (exact) mass is 437 g/mol. The molecule has 2 aromatic carbocycles. The van der Waals surface area contributed by atoms with Gasteiger partial charge in [0.1, 0.15) is 12.2 Å². The van der Waals surface area contributed by atoms with E-state index in [2.05, 4.69) is 10.6 Å². The van der Waals surface area contributed by atoms with Gasteiger partial charge in [0.05, 0.1) is 0 Å². The van der Waals surface area contributed by atoms with Crippen LogP contribution in [0.4, 0.5) is 10.5 Å². The zero-order valence-corrected chi connectivity index (χ0v) is 17.2. The molecule has 0 atom stereocenters. The van der Waals surface area contributed by atoms with E-state index in [1.54, 1.807) is 30.3 Å². The van der Waals surface area contributed by atoms with Crippen molar-refractivity contribution in [3.05, 3.63) is 81.6 Å². The van der Waals surface area contributed by atoms with E-state index in [9.17, 15) is 14.4 Å². The highest BCUT2D eigenvalue weighted by Crippen LogP contribution is 2.28. The maximum atomic E-state index is 12.6. The fraction of sp³-hybridized carbons (Fsp3) is 0.0455. The average Bonchev–Trinajstić information content (AvgIpc) is 3.30. The molecule has 8 heteroatoms. The standard InChI is InChI=1S/C22H16ClN3O3S/c23-16-8-6-14(7-9-16)15-10-18(30-13-15)11-19-21(28)26(22(29)25-19)12-20(27)24-17-4-2-1-3-5-17/h1-11,13H,12H2,(H,24,27)(H,25,29)/b19-11-. The van der Waals surface area contributed by atoms with Gasteiger partial charge in [0.25, 0.3) is 5.91 Å². The molecule has 0 aliphatic carbocycles. The largest absolute Gasteiger partial charge is 0.329 e. The lowest BCUT2D eigenvalue weighted by Gasteiger charge is -2.11. The summed E-state index contributed by atoms with van der Waals surface area (Å²) in [6, 6.07) is 17.6. The SMILES string of the molecule is O=C(CN1C(=O)N/C(=C\c2cc(-c3ccc(Cl)cc3)cs2)C1=O)Nc1ccccc1. The molecule has 6 nitrogen and oxygen atoms in total. The van der Waals surface area contributed by atoms with E-state index in [1.165, 1.54) is 11.3 Å². The highest BCUT2D eigenvalue weighted by molar-refractivity contribution is 7.11. The molecule has 2 heterocycles. The number of thiophene rings is 1. The number of imide groups is 1. The summed E-state index contributed by atoms with van der Waals surface area (Å²) in [4.78, 5) is 38.7. The van der Waals surface area contributed by atoms with E-state index in [0.717, 1.165) is 20.9 Å². The van der Waals surface area contributed by atoms with Gasteiger partial charge < -0.3 is 10.6 Å². The maximum Gasteiger partial charge on any atom is 0.329 e. The lowest BCUT2D eigenvalue weighted by atomic mass is 10.1. The topological polar surface area (TPSA) is 78.5 Å². The molecule has 4 rings (SSSR count). The van der Waals surface area contributed by atoms with Gasteiger partial charge >= 0.3 is 6.03 Å². The second-order valence-corrected chi connectivity index (χ2v) is 7.92. The summed E-state index contributed by atoms with van der Waals surface area (Å²) in [7, 11) is 0. The van der Waals surface area contributed by atoms with Gasteiger partial charge in [0.15, 0.2) is 0 Å². The molecule has 0 radical (unpaired) electrons. The van der Waals surface area contributed by atoms with Gasteiger partial charge in [-0.2, -0.15) is 0 Å². The van der Waals surface area contributed by atoms with Crippen molar-refractivity contribution in [1.29, 1.82) is 0 Å². The number of nitrogens with zero attached hydrogens (tertiary/aromatic N) is 1. The second kappa shape index (κ2) is 8.52. The predicted octanol–water partition coefficient (Wildman–Crippen LogP) is 4.60. The van der Waals surface area contributed by atoms with Crippen LogP contribution in [0.25, 0.3) is 17.2 Å². The van der Waals surface area contributed by atoms with Crippen molar-refractivity contribution in [2.24, 2.45) is 0 Å². The van der Waals surface area contributed by atoms with Gasteiger partial charge in [-0.15, -0.1) is 11.3 Å². The number of urea groups is 1. The third-order valence-electron chi connectivity index (χ3n) is 4.41. The van der Waals surface area contributed by atoms with E-state index in [4.69, 9.17) is 11.6 Å². The van der Waals surface area contributed by atoms with Gasteiger partial charge in [-0.3, -0.25) is 9.59 Å². The van der Waals surface area contributed by atoms with Crippen molar-refractivity contribution in [1.82, 2.24) is 10.2 Å². The Bertz CT molecular complexity index is 1140. The van der Waals surface area contributed by atoms with Crippen LogP contribution >= 0.6 is 22.9 Å². The number of carbonyl (C=O) groups is 3. The van der Waals surface area contributed by atoms with E-state index in [1.807, 2.05) is 41.8 Å². The molecule has 0 saturated carbocycles. The van der Waals surface area contributed by atoms with Gasteiger partial charge in [-0.05, 0) is 52.9 Å². The molecule has 1 aromatic heterocycles. The third-order valence-corrected chi connectivity index (χ3v) is 5.54. The normalized spacial score (nSPS) is 14.8. The molecular weight excluding hydrogens is 422 g/mol. The van der Waals surface area contributed by atoms with Gasteiger partial charge in [0.2, 0.25) is 5.91 Å². The lowest BCUT2D eigenvalue weighted by molar-refractivity contribution is -0.127. The first kappa shape index (κ1) is 19.9. The Kier molecular flexibility index (Phi) is 5.65. The number of anilines is 1.